The lowest BCUT2D eigenvalue weighted by Crippen LogP contribution is -2.34. The van der Waals surface area contributed by atoms with Gasteiger partial charge >= 0.3 is 6.18 Å². The van der Waals surface area contributed by atoms with Crippen LogP contribution in [0.4, 0.5) is 13.2 Å². The van der Waals surface area contributed by atoms with Gasteiger partial charge in [0.25, 0.3) is 0 Å². The molecule has 0 fully saturated rings. The Bertz CT molecular complexity index is 926. The summed E-state index contributed by atoms with van der Waals surface area (Å²) >= 11 is 0. The van der Waals surface area contributed by atoms with Gasteiger partial charge in [0.1, 0.15) is 6.54 Å². The van der Waals surface area contributed by atoms with Crippen LogP contribution in [-0.4, -0.2) is 0 Å². The van der Waals surface area contributed by atoms with Crippen LogP contribution in [0.25, 0.3) is 11.1 Å². The van der Waals surface area contributed by atoms with Crippen molar-refractivity contribution in [2.75, 3.05) is 0 Å². The van der Waals surface area contributed by atoms with E-state index in [0.717, 1.165) is 30.0 Å². The second-order valence-corrected chi connectivity index (χ2v) is 9.15. The van der Waals surface area contributed by atoms with Crippen LogP contribution in [0.3, 0.4) is 0 Å². The first-order valence-corrected chi connectivity index (χ1v) is 9.52. The first kappa shape index (κ1) is 20.6. The van der Waals surface area contributed by atoms with E-state index in [0.29, 0.717) is 11.1 Å². The first-order chi connectivity index (χ1) is 12.9. The monoisotopic (exact) mass is 389 g/mol. The van der Waals surface area contributed by atoms with Crippen molar-refractivity contribution in [1.29, 1.82) is 0 Å². The average molecular weight is 389 g/mol. The van der Waals surface area contributed by atoms with Crippen molar-refractivity contribution in [3.8, 4) is 11.1 Å². The zero-order valence-electron chi connectivity index (χ0n) is 17.0. The standard InChI is InChI=1S/C23H26F3NO/c1-14-10-19-20(22(4,5)9-8-21(19,2)3)12-16(14)17-11-15(13-27-28)6-7-18(17)23(24,25)26/h6-7,10-12H,8-9,13H2,1-5H3. The van der Waals surface area contributed by atoms with Crippen LogP contribution in [0.15, 0.2) is 35.5 Å². The summed E-state index contributed by atoms with van der Waals surface area (Å²) in [6.07, 6.45) is -2.45. The van der Waals surface area contributed by atoms with Crippen LogP contribution in [0, 0.1) is 11.8 Å². The molecule has 2 aromatic carbocycles. The van der Waals surface area contributed by atoms with Gasteiger partial charge in [0.05, 0.1) is 5.56 Å². The van der Waals surface area contributed by atoms with Crippen LogP contribution in [0.5, 0.6) is 0 Å². The summed E-state index contributed by atoms with van der Waals surface area (Å²) in [5.41, 5.74) is 3.51. The maximum Gasteiger partial charge on any atom is 0.417 e. The molecule has 3 rings (SSSR count). The molecule has 0 saturated heterocycles. The van der Waals surface area contributed by atoms with E-state index in [2.05, 4.69) is 38.9 Å². The third-order valence-corrected chi connectivity index (χ3v) is 6.12. The highest BCUT2D eigenvalue weighted by molar-refractivity contribution is 5.74. The quantitative estimate of drug-likeness (QED) is 0.507. The molecule has 150 valence electrons. The predicted molar refractivity (Wildman–Crippen MR) is 106 cm³/mol. The molecule has 0 bridgehead atoms. The van der Waals surface area contributed by atoms with E-state index in [-0.39, 0.29) is 22.9 Å². The summed E-state index contributed by atoms with van der Waals surface area (Å²) in [6, 6.07) is 7.84. The van der Waals surface area contributed by atoms with Crippen LogP contribution in [-0.2, 0) is 23.6 Å². The number of rotatable bonds is 3. The Balaban J connectivity index is 2.31. The number of hydrogen-bond acceptors (Lipinski definition) is 2. The molecule has 0 aliphatic heterocycles. The molecule has 1 aliphatic carbocycles. The van der Waals surface area contributed by atoms with Crippen LogP contribution in [0.1, 0.15) is 68.4 Å². The second-order valence-electron chi connectivity index (χ2n) is 9.15. The van der Waals surface area contributed by atoms with Gasteiger partial charge in [-0.1, -0.05) is 51.1 Å². The van der Waals surface area contributed by atoms with Gasteiger partial charge in [0, 0.05) is 0 Å². The molecule has 2 nitrogen and oxygen atoms in total. The fourth-order valence-corrected chi connectivity index (χ4v) is 4.25. The van der Waals surface area contributed by atoms with Crippen molar-refractivity contribution in [2.45, 2.75) is 71.0 Å². The van der Waals surface area contributed by atoms with Crippen molar-refractivity contribution in [3.63, 3.8) is 0 Å². The Labute approximate surface area is 164 Å². The Morgan fingerprint density at radius 2 is 1.50 bits per heavy atom. The molecule has 0 heterocycles. The predicted octanol–water partition coefficient (Wildman–Crippen LogP) is 7.30. The largest absolute Gasteiger partial charge is 0.417 e. The molecular weight excluding hydrogens is 363 g/mol. The third-order valence-electron chi connectivity index (χ3n) is 6.12. The zero-order chi connectivity index (χ0) is 20.9. The maximum atomic E-state index is 13.7. The van der Waals surface area contributed by atoms with E-state index in [1.165, 1.54) is 17.7 Å². The van der Waals surface area contributed by atoms with Gasteiger partial charge in [-0.2, -0.15) is 18.1 Å². The molecule has 0 spiro atoms. The van der Waals surface area contributed by atoms with Gasteiger partial charge in [-0.3, -0.25) is 0 Å². The molecule has 0 saturated carbocycles. The number of halogens is 3. The minimum atomic E-state index is -4.47. The molecule has 5 heteroatoms. The molecule has 28 heavy (non-hydrogen) atoms. The number of hydrogen-bond donors (Lipinski definition) is 0. The lowest BCUT2D eigenvalue weighted by molar-refractivity contribution is -0.137. The molecule has 0 unspecified atom stereocenters. The van der Waals surface area contributed by atoms with E-state index in [9.17, 15) is 18.1 Å². The molecule has 0 aromatic heterocycles. The number of benzene rings is 2. The summed E-state index contributed by atoms with van der Waals surface area (Å²) in [5.74, 6) is 0. The van der Waals surface area contributed by atoms with E-state index in [4.69, 9.17) is 0 Å². The molecule has 0 atom stereocenters. The molecule has 0 N–H and O–H groups in total. The van der Waals surface area contributed by atoms with E-state index in [1.807, 2.05) is 13.0 Å². The van der Waals surface area contributed by atoms with Crippen LogP contribution >= 0.6 is 0 Å². The summed E-state index contributed by atoms with van der Waals surface area (Å²) in [5, 5.41) is 2.84. The Hall–Kier alpha value is -2.17. The van der Waals surface area contributed by atoms with Crippen molar-refractivity contribution >= 4 is 0 Å². The average Bonchev–Trinajstić information content (AvgIpc) is 2.58. The summed E-state index contributed by atoms with van der Waals surface area (Å²) < 4.78 is 41.1. The number of nitrogens with zero attached hydrogens (tertiary/aromatic N) is 1. The number of aryl methyl sites for hydroxylation is 1. The molecule has 2 aromatic rings. The topological polar surface area (TPSA) is 29.4 Å². The smallest absolute Gasteiger partial charge is 0.166 e. The van der Waals surface area contributed by atoms with Gasteiger partial charge in [-0.05, 0) is 76.1 Å². The highest BCUT2D eigenvalue weighted by Gasteiger charge is 2.39. The fraction of sp³-hybridized carbons (Fsp3) is 0.478. The van der Waals surface area contributed by atoms with Gasteiger partial charge in [0.15, 0.2) is 0 Å². The summed E-state index contributed by atoms with van der Waals surface area (Å²) in [7, 11) is 0. The minimum absolute atomic E-state index is 0.00964. The number of alkyl halides is 3. The van der Waals surface area contributed by atoms with Gasteiger partial charge in [-0.25, -0.2) is 0 Å². The second kappa shape index (κ2) is 6.71. The van der Waals surface area contributed by atoms with Gasteiger partial charge in [-0.15, -0.1) is 0 Å². The zero-order valence-corrected chi connectivity index (χ0v) is 17.0. The minimum Gasteiger partial charge on any atom is -0.166 e. The lowest BCUT2D eigenvalue weighted by Gasteiger charge is -2.42. The van der Waals surface area contributed by atoms with Crippen molar-refractivity contribution in [1.82, 2.24) is 0 Å². The highest BCUT2D eigenvalue weighted by atomic mass is 19.4. The third kappa shape index (κ3) is 3.59. The van der Waals surface area contributed by atoms with E-state index >= 15 is 0 Å². The van der Waals surface area contributed by atoms with Gasteiger partial charge < -0.3 is 0 Å². The maximum absolute atomic E-state index is 13.7. The molecular formula is C23H26F3NO. The van der Waals surface area contributed by atoms with E-state index < -0.39 is 11.7 Å². The SMILES string of the molecule is Cc1cc2c(cc1-c1cc(CN=O)ccc1C(F)(F)F)C(C)(C)CCC2(C)C. The fourth-order valence-electron chi connectivity index (χ4n) is 4.25. The van der Waals surface area contributed by atoms with Crippen LogP contribution in [0.2, 0.25) is 0 Å². The van der Waals surface area contributed by atoms with Crippen LogP contribution < -0.4 is 0 Å². The Morgan fingerprint density at radius 1 is 0.929 bits per heavy atom. The number of fused-ring (bicyclic) bond motifs is 1. The normalized spacial score (nSPS) is 17.9. The van der Waals surface area contributed by atoms with Crippen molar-refractivity contribution in [2.24, 2.45) is 5.18 Å². The highest BCUT2D eigenvalue weighted by Crippen LogP contribution is 2.48. The first-order valence-electron chi connectivity index (χ1n) is 9.52. The van der Waals surface area contributed by atoms with Gasteiger partial charge in [0.2, 0.25) is 0 Å². The lowest BCUT2D eigenvalue weighted by atomic mass is 9.62. The summed E-state index contributed by atoms with van der Waals surface area (Å²) in [6.45, 7) is 10.4. The van der Waals surface area contributed by atoms with Crippen molar-refractivity contribution in [3.05, 3.63) is 63.1 Å². The molecule has 0 radical (unpaired) electrons. The molecule has 0 amide bonds. The Kier molecular flexibility index (Phi) is 4.93. The summed E-state index contributed by atoms with van der Waals surface area (Å²) in [4.78, 5) is 10.6. The number of nitroso groups, excluding NO2 is 1. The van der Waals surface area contributed by atoms with Crippen molar-refractivity contribution < 1.29 is 13.2 Å². The Morgan fingerprint density at radius 3 is 2.04 bits per heavy atom. The van der Waals surface area contributed by atoms with E-state index in [1.54, 1.807) is 0 Å². The molecule has 1 aliphatic rings.